The highest BCUT2D eigenvalue weighted by atomic mass is 35.5. The van der Waals surface area contributed by atoms with Crippen molar-refractivity contribution in [2.75, 3.05) is 13.1 Å². The maximum absolute atomic E-state index is 13.8. The van der Waals surface area contributed by atoms with Gasteiger partial charge in [-0.05, 0) is 81.0 Å². The molecule has 0 spiro atoms. The molecule has 0 fully saturated rings. The molecule has 0 bridgehead atoms. The summed E-state index contributed by atoms with van der Waals surface area (Å²) < 4.78 is 28.4. The van der Waals surface area contributed by atoms with Crippen LogP contribution in [-0.4, -0.2) is 42.2 Å². The van der Waals surface area contributed by atoms with Crippen molar-refractivity contribution >= 4 is 38.9 Å². The van der Waals surface area contributed by atoms with Gasteiger partial charge < -0.3 is 4.90 Å². The largest absolute Gasteiger partial charge is 0.330 e. The van der Waals surface area contributed by atoms with Gasteiger partial charge in [0.15, 0.2) is 0 Å². The van der Waals surface area contributed by atoms with Gasteiger partial charge in [0.1, 0.15) is 0 Å². The molecule has 0 aliphatic carbocycles. The predicted octanol–water partition coefficient (Wildman–Crippen LogP) is 5.67. The fraction of sp³-hybridized carbons (Fsp3) is 0.346. The lowest BCUT2D eigenvalue weighted by molar-refractivity contribution is -0.134. The Bertz CT molecular complexity index is 1280. The summed E-state index contributed by atoms with van der Waals surface area (Å²) in [4.78, 5) is 17.0. The number of amides is 1. The molecule has 2 aromatic carbocycles. The predicted molar refractivity (Wildman–Crippen MR) is 138 cm³/mol. The molecule has 1 aromatic heterocycles. The van der Waals surface area contributed by atoms with Crippen LogP contribution in [0.5, 0.6) is 0 Å². The first-order chi connectivity index (χ1) is 16.0. The minimum absolute atomic E-state index is 0.119. The van der Waals surface area contributed by atoms with Crippen LogP contribution in [0.3, 0.4) is 0 Å². The van der Waals surface area contributed by atoms with Gasteiger partial charge in [-0.2, -0.15) is 4.31 Å². The highest BCUT2D eigenvalue weighted by molar-refractivity contribution is 7.89. The molecule has 1 aliphatic rings. The van der Waals surface area contributed by atoms with Gasteiger partial charge >= 0.3 is 0 Å². The summed E-state index contributed by atoms with van der Waals surface area (Å²) in [5.41, 5.74) is 2.50. The number of carbonyl (C=O) groups excluding carboxylic acids is 1. The van der Waals surface area contributed by atoms with Gasteiger partial charge in [-0.25, -0.2) is 8.42 Å². The number of sulfonamides is 1. The molecule has 180 valence electrons. The third-order valence-electron chi connectivity index (χ3n) is 6.11. The highest BCUT2D eigenvalue weighted by Gasteiger charge is 2.39. The van der Waals surface area contributed by atoms with Gasteiger partial charge in [0.25, 0.3) is 0 Å². The molecular formula is C26H29ClN2O3S2. The fourth-order valence-corrected chi connectivity index (χ4v) is 7.09. The first-order valence-electron chi connectivity index (χ1n) is 11.2. The van der Waals surface area contributed by atoms with Gasteiger partial charge in [-0.3, -0.25) is 4.79 Å². The van der Waals surface area contributed by atoms with Crippen LogP contribution < -0.4 is 0 Å². The standard InChI is InChI=1S/C26H29ClN2O3S2/c1-18-5-7-19(8-6-18)25-22-14-16-33-23(22)13-15-28(25)24(30)17-29(26(2,3)4)34(31,32)21-11-9-20(27)10-12-21/h5-12,14,16,25H,13,15,17H2,1-4H3. The van der Waals surface area contributed by atoms with Gasteiger partial charge in [-0.15, -0.1) is 11.3 Å². The maximum Gasteiger partial charge on any atom is 0.244 e. The molecule has 0 radical (unpaired) electrons. The first kappa shape index (κ1) is 24.9. The monoisotopic (exact) mass is 516 g/mol. The van der Waals surface area contributed by atoms with E-state index in [1.165, 1.54) is 21.3 Å². The number of benzene rings is 2. The minimum Gasteiger partial charge on any atom is -0.330 e. The zero-order valence-electron chi connectivity index (χ0n) is 19.8. The van der Waals surface area contributed by atoms with Gasteiger partial charge in [-0.1, -0.05) is 41.4 Å². The Balaban J connectivity index is 1.69. The summed E-state index contributed by atoms with van der Waals surface area (Å²) in [5.74, 6) is -0.213. The number of rotatable bonds is 5. The lowest BCUT2D eigenvalue weighted by Gasteiger charge is -2.40. The Morgan fingerprint density at radius 2 is 1.74 bits per heavy atom. The van der Waals surface area contributed by atoms with Crippen molar-refractivity contribution in [3.63, 3.8) is 0 Å². The smallest absolute Gasteiger partial charge is 0.244 e. The van der Waals surface area contributed by atoms with E-state index >= 15 is 0 Å². The molecular weight excluding hydrogens is 488 g/mol. The van der Waals surface area contributed by atoms with Crippen molar-refractivity contribution in [2.24, 2.45) is 0 Å². The highest BCUT2D eigenvalue weighted by Crippen LogP contribution is 2.38. The molecule has 0 N–H and O–H groups in total. The Labute approximate surface area is 211 Å². The number of hydrogen-bond acceptors (Lipinski definition) is 4. The molecule has 5 nitrogen and oxygen atoms in total. The van der Waals surface area contributed by atoms with Crippen LogP contribution in [0, 0.1) is 6.92 Å². The third-order valence-corrected chi connectivity index (χ3v) is 9.48. The van der Waals surface area contributed by atoms with Gasteiger partial charge in [0.05, 0.1) is 17.5 Å². The molecule has 0 saturated heterocycles. The van der Waals surface area contributed by atoms with Crippen molar-refractivity contribution in [1.82, 2.24) is 9.21 Å². The average Bonchev–Trinajstić information content (AvgIpc) is 3.25. The van der Waals surface area contributed by atoms with Crippen LogP contribution in [0.25, 0.3) is 0 Å². The van der Waals surface area contributed by atoms with Crippen molar-refractivity contribution in [2.45, 2.75) is 50.6 Å². The van der Waals surface area contributed by atoms with E-state index < -0.39 is 15.6 Å². The number of hydrogen-bond donors (Lipinski definition) is 0. The molecule has 2 heterocycles. The van der Waals surface area contributed by atoms with Crippen LogP contribution in [0.2, 0.25) is 5.02 Å². The average molecular weight is 517 g/mol. The van der Waals surface area contributed by atoms with E-state index in [-0.39, 0.29) is 23.4 Å². The van der Waals surface area contributed by atoms with Crippen LogP contribution in [0.1, 0.15) is 48.4 Å². The number of halogens is 1. The van der Waals surface area contributed by atoms with E-state index in [1.807, 2.05) is 24.0 Å². The zero-order chi connectivity index (χ0) is 24.7. The summed E-state index contributed by atoms with van der Waals surface area (Å²) in [7, 11) is -3.92. The summed E-state index contributed by atoms with van der Waals surface area (Å²) in [6, 6.07) is 16.1. The van der Waals surface area contributed by atoms with E-state index in [4.69, 9.17) is 11.6 Å². The minimum atomic E-state index is -3.92. The summed E-state index contributed by atoms with van der Waals surface area (Å²) >= 11 is 7.67. The maximum atomic E-state index is 13.8. The quantitative estimate of drug-likeness (QED) is 0.438. The van der Waals surface area contributed by atoms with Gasteiger partial charge in [0.2, 0.25) is 15.9 Å². The van der Waals surface area contributed by atoms with Crippen LogP contribution in [0.15, 0.2) is 64.9 Å². The second kappa shape index (κ2) is 9.46. The molecule has 4 rings (SSSR count). The molecule has 8 heteroatoms. The molecule has 1 atom stereocenters. The molecule has 3 aromatic rings. The van der Waals surface area contributed by atoms with Crippen LogP contribution in [0.4, 0.5) is 0 Å². The first-order valence-corrected chi connectivity index (χ1v) is 13.9. The normalized spacial score (nSPS) is 16.5. The number of aryl methyl sites for hydroxylation is 1. The van der Waals surface area contributed by atoms with E-state index in [1.54, 1.807) is 44.2 Å². The van der Waals surface area contributed by atoms with E-state index in [2.05, 4.69) is 23.6 Å². The SMILES string of the molecule is Cc1ccc(C2c3ccsc3CCN2C(=O)CN(C(C)(C)C)S(=O)(=O)c2ccc(Cl)cc2)cc1. The summed E-state index contributed by atoms with van der Waals surface area (Å²) in [6.07, 6.45) is 0.764. The van der Waals surface area contributed by atoms with Crippen molar-refractivity contribution in [3.05, 3.63) is 86.6 Å². The van der Waals surface area contributed by atoms with E-state index in [9.17, 15) is 13.2 Å². The topological polar surface area (TPSA) is 57.7 Å². The van der Waals surface area contributed by atoms with Crippen LogP contribution in [-0.2, 0) is 21.2 Å². The lowest BCUT2D eigenvalue weighted by atomic mass is 9.92. The number of fused-ring (bicyclic) bond motifs is 1. The van der Waals surface area contributed by atoms with Crippen molar-refractivity contribution < 1.29 is 13.2 Å². The van der Waals surface area contributed by atoms with E-state index in [0.717, 1.165) is 23.1 Å². The molecule has 1 unspecified atom stereocenters. The van der Waals surface area contributed by atoms with Crippen molar-refractivity contribution in [3.8, 4) is 0 Å². The Morgan fingerprint density at radius 3 is 2.35 bits per heavy atom. The second-order valence-electron chi connectivity index (χ2n) is 9.59. The lowest BCUT2D eigenvalue weighted by Crippen LogP contribution is -2.52. The Kier molecular flexibility index (Phi) is 6.93. The number of carbonyl (C=O) groups is 1. The zero-order valence-corrected chi connectivity index (χ0v) is 22.2. The summed E-state index contributed by atoms with van der Waals surface area (Å²) in [6.45, 7) is 7.75. The Morgan fingerprint density at radius 1 is 1.09 bits per heavy atom. The van der Waals surface area contributed by atoms with Gasteiger partial charge in [0, 0.05) is 22.0 Å². The molecule has 34 heavy (non-hydrogen) atoms. The molecule has 0 saturated carbocycles. The number of thiophene rings is 1. The fourth-order valence-electron chi connectivity index (χ4n) is 4.32. The van der Waals surface area contributed by atoms with Crippen LogP contribution >= 0.6 is 22.9 Å². The number of nitrogens with zero attached hydrogens (tertiary/aromatic N) is 2. The Hall–Kier alpha value is -2.19. The third kappa shape index (κ3) is 4.93. The second-order valence-corrected chi connectivity index (χ2v) is 12.9. The molecule has 1 aliphatic heterocycles. The summed E-state index contributed by atoms with van der Waals surface area (Å²) in [5, 5.41) is 2.52. The van der Waals surface area contributed by atoms with E-state index in [0.29, 0.717) is 11.6 Å². The molecule has 1 amide bonds. The van der Waals surface area contributed by atoms with Crippen molar-refractivity contribution in [1.29, 1.82) is 0 Å².